The predicted octanol–water partition coefficient (Wildman–Crippen LogP) is -3.54. The lowest BCUT2D eigenvalue weighted by atomic mass is 9.69. The Hall–Kier alpha value is -1.52. The Morgan fingerprint density at radius 2 is 1.52 bits per heavy atom. The van der Waals surface area contributed by atoms with E-state index in [1.165, 1.54) is 0 Å². The molecule has 0 spiro atoms. The summed E-state index contributed by atoms with van der Waals surface area (Å²) in [4.78, 5) is 46.1. The van der Waals surface area contributed by atoms with Crippen molar-refractivity contribution in [3.63, 3.8) is 0 Å². The third-order valence-electron chi connectivity index (χ3n) is 3.31. The van der Waals surface area contributed by atoms with Crippen molar-refractivity contribution in [1.82, 2.24) is 0 Å². The molecule has 0 amide bonds. The van der Waals surface area contributed by atoms with Crippen molar-refractivity contribution in [2.75, 3.05) is 0 Å². The highest BCUT2D eigenvalue weighted by molar-refractivity contribution is 6.17. The molecule has 0 aliphatic carbocycles. The predicted molar refractivity (Wildman–Crippen MR) is 68.0 cm³/mol. The van der Waals surface area contributed by atoms with Crippen molar-refractivity contribution in [2.24, 2.45) is 5.73 Å². The number of ketones is 3. The summed E-state index contributed by atoms with van der Waals surface area (Å²) in [5.74, 6) is -4.48. The molecule has 0 aliphatic rings. The molecule has 0 bridgehead atoms. The molecular weight excluding hydrogens is 286 g/mol. The molecule has 0 aromatic carbocycles. The molecular formula is C12H19NO8. The van der Waals surface area contributed by atoms with Gasteiger partial charge in [-0.3, -0.25) is 14.4 Å². The first kappa shape index (κ1) is 19.5. The van der Waals surface area contributed by atoms with Crippen LogP contribution < -0.4 is 5.73 Å². The SMILES string of the molecule is CC(=O)[C@@](O)(C(=O)C(O)C(C)O)[C@@](O)(C(C)=O)[C@@H](N)C=O. The molecule has 0 heterocycles. The lowest BCUT2D eigenvalue weighted by Crippen LogP contribution is -2.75. The Balaban J connectivity index is 6.30. The number of aldehydes is 1. The molecule has 6 N–H and O–H groups in total. The highest BCUT2D eigenvalue weighted by Gasteiger charge is 2.65. The van der Waals surface area contributed by atoms with E-state index in [0.29, 0.717) is 13.8 Å². The van der Waals surface area contributed by atoms with Crippen LogP contribution in [-0.2, 0) is 19.2 Å². The van der Waals surface area contributed by atoms with E-state index in [0.717, 1.165) is 6.92 Å². The van der Waals surface area contributed by atoms with Gasteiger partial charge in [0.15, 0.2) is 17.2 Å². The molecule has 0 aromatic heterocycles. The molecule has 0 radical (unpaired) electrons. The van der Waals surface area contributed by atoms with E-state index < -0.39 is 46.8 Å². The number of aliphatic hydroxyl groups is 4. The van der Waals surface area contributed by atoms with Gasteiger partial charge in [-0.1, -0.05) is 0 Å². The summed E-state index contributed by atoms with van der Waals surface area (Å²) < 4.78 is 0. The monoisotopic (exact) mass is 305 g/mol. The molecule has 0 fully saturated rings. The molecule has 9 heteroatoms. The molecule has 9 nitrogen and oxygen atoms in total. The van der Waals surface area contributed by atoms with E-state index in [1.807, 2.05) is 0 Å². The van der Waals surface area contributed by atoms with Crippen molar-refractivity contribution in [3.05, 3.63) is 0 Å². The summed E-state index contributed by atoms with van der Waals surface area (Å²) in [6.07, 6.45) is -4.10. The smallest absolute Gasteiger partial charge is 0.221 e. The number of aliphatic hydroxyl groups excluding tert-OH is 2. The molecule has 5 atom stereocenters. The minimum atomic E-state index is -3.48. The van der Waals surface area contributed by atoms with Gasteiger partial charge in [-0.15, -0.1) is 0 Å². The number of rotatable bonds is 8. The van der Waals surface area contributed by atoms with E-state index >= 15 is 0 Å². The third-order valence-corrected chi connectivity index (χ3v) is 3.31. The van der Waals surface area contributed by atoms with Crippen molar-refractivity contribution < 1.29 is 39.6 Å². The van der Waals surface area contributed by atoms with Crippen LogP contribution in [0.1, 0.15) is 20.8 Å². The zero-order chi connectivity index (χ0) is 17.2. The van der Waals surface area contributed by atoms with Gasteiger partial charge in [0.1, 0.15) is 18.4 Å². The van der Waals surface area contributed by atoms with E-state index in [1.54, 1.807) is 0 Å². The van der Waals surface area contributed by atoms with Crippen molar-refractivity contribution in [3.8, 4) is 0 Å². The summed E-state index contributed by atoms with van der Waals surface area (Å²) in [6, 6.07) is -2.10. The van der Waals surface area contributed by atoms with Crippen molar-refractivity contribution in [1.29, 1.82) is 0 Å². The lowest BCUT2D eigenvalue weighted by Gasteiger charge is -2.41. The first-order valence-corrected chi connectivity index (χ1v) is 5.97. The zero-order valence-corrected chi connectivity index (χ0v) is 11.8. The third kappa shape index (κ3) is 2.92. The van der Waals surface area contributed by atoms with E-state index in [-0.39, 0.29) is 6.29 Å². The van der Waals surface area contributed by atoms with Gasteiger partial charge in [0.05, 0.1) is 6.10 Å². The van der Waals surface area contributed by atoms with Gasteiger partial charge in [0.2, 0.25) is 11.4 Å². The Kier molecular flexibility index (Phi) is 6.03. The van der Waals surface area contributed by atoms with Crippen molar-refractivity contribution >= 4 is 23.6 Å². The van der Waals surface area contributed by atoms with Gasteiger partial charge >= 0.3 is 0 Å². The maximum absolute atomic E-state index is 12.1. The fraction of sp³-hybridized carbons (Fsp3) is 0.667. The summed E-state index contributed by atoms with van der Waals surface area (Å²) in [7, 11) is 0. The van der Waals surface area contributed by atoms with Crippen LogP contribution in [0.15, 0.2) is 0 Å². The van der Waals surface area contributed by atoms with Gasteiger partial charge in [-0.05, 0) is 20.8 Å². The van der Waals surface area contributed by atoms with Crippen LogP contribution in [0, 0.1) is 0 Å². The Morgan fingerprint density at radius 1 is 1.10 bits per heavy atom. The number of hydrogen-bond donors (Lipinski definition) is 5. The second-order valence-electron chi connectivity index (χ2n) is 4.80. The number of carbonyl (C=O) groups excluding carboxylic acids is 4. The summed E-state index contributed by atoms with van der Waals surface area (Å²) >= 11 is 0. The Morgan fingerprint density at radius 3 is 1.76 bits per heavy atom. The molecule has 2 unspecified atom stereocenters. The molecule has 0 aliphatic heterocycles. The average molecular weight is 305 g/mol. The average Bonchev–Trinajstić information content (AvgIpc) is 2.41. The molecule has 0 rings (SSSR count). The topological polar surface area (TPSA) is 175 Å². The largest absolute Gasteiger partial charge is 0.390 e. The minimum Gasteiger partial charge on any atom is -0.390 e. The molecule has 0 saturated carbocycles. The number of nitrogens with two attached hydrogens (primary N) is 1. The standard InChI is InChI=1S/C12H19NO8/c1-5(15)9(18)10(19)12(21,7(3)17)11(20,6(2)16)8(13)4-14/h4-5,8-9,15,18,20-21H,13H2,1-3H3/t5?,8-,9?,11+,12+/m0/s1. The van der Waals surface area contributed by atoms with Crippen LogP contribution in [0.4, 0.5) is 0 Å². The normalized spacial score (nSPS) is 21.3. The van der Waals surface area contributed by atoms with E-state index in [2.05, 4.69) is 0 Å². The Labute approximate surface area is 120 Å². The van der Waals surface area contributed by atoms with Crippen LogP contribution in [0.25, 0.3) is 0 Å². The maximum atomic E-state index is 12.1. The maximum Gasteiger partial charge on any atom is 0.221 e. The summed E-state index contributed by atoms with van der Waals surface area (Å²) in [5.41, 5.74) is -1.50. The highest BCUT2D eigenvalue weighted by atomic mass is 16.4. The van der Waals surface area contributed by atoms with Gasteiger partial charge < -0.3 is 31.0 Å². The van der Waals surface area contributed by atoms with Crippen LogP contribution in [0.2, 0.25) is 0 Å². The van der Waals surface area contributed by atoms with Crippen LogP contribution in [-0.4, -0.2) is 73.5 Å². The molecule has 0 saturated heterocycles. The summed E-state index contributed by atoms with van der Waals surface area (Å²) in [6.45, 7) is 2.35. The molecule has 21 heavy (non-hydrogen) atoms. The highest BCUT2D eigenvalue weighted by Crippen LogP contribution is 2.30. The van der Waals surface area contributed by atoms with E-state index in [4.69, 9.17) is 5.73 Å². The first-order valence-electron chi connectivity index (χ1n) is 5.97. The molecule has 120 valence electrons. The zero-order valence-electron chi connectivity index (χ0n) is 11.8. The molecule has 0 aromatic rings. The number of hydrogen-bond acceptors (Lipinski definition) is 9. The van der Waals surface area contributed by atoms with Gasteiger partial charge in [0, 0.05) is 0 Å². The van der Waals surface area contributed by atoms with Gasteiger partial charge in [-0.25, -0.2) is 0 Å². The van der Waals surface area contributed by atoms with Crippen molar-refractivity contribution in [2.45, 2.75) is 50.2 Å². The van der Waals surface area contributed by atoms with E-state index in [9.17, 15) is 39.6 Å². The number of Topliss-reactive ketones (excluding diaryl/α,β-unsaturated/α-hetero) is 3. The lowest BCUT2D eigenvalue weighted by molar-refractivity contribution is -0.194. The van der Waals surface area contributed by atoms with Gasteiger partial charge in [0.25, 0.3) is 0 Å². The fourth-order valence-corrected chi connectivity index (χ4v) is 1.89. The first-order chi connectivity index (χ1) is 9.38. The second kappa shape index (κ2) is 6.50. The van der Waals surface area contributed by atoms with Gasteiger partial charge in [-0.2, -0.15) is 0 Å². The fourth-order valence-electron chi connectivity index (χ4n) is 1.89. The van der Waals surface area contributed by atoms with Crippen LogP contribution in [0.3, 0.4) is 0 Å². The summed E-state index contributed by atoms with van der Waals surface area (Å²) in [5, 5.41) is 39.2. The van der Waals surface area contributed by atoms with Crippen LogP contribution >= 0.6 is 0 Å². The Bertz CT molecular complexity index is 462. The second-order valence-corrected chi connectivity index (χ2v) is 4.80. The quantitative estimate of drug-likeness (QED) is 0.224. The number of carbonyl (C=O) groups is 4. The minimum absolute atomic E-state index is 0.128. The van der Waals surface area contributed by atoms with Crippen LogP contribution in [0.5, 0.6) is 0 Å².